The zero-order valence-corrected chi connectivity index (χ0v) is 14.8. The van der Waals surface area contributed by atoms with Crippen molar-refractivity contribution >= 4 is 0 Å². The Morgan fingerprint density at radius 2 is 0.958 bits per heavy atom. The smallest absolute Gasteiger partial charge is 0.0462 e. The summed E-state index contributed by atoms with van der Waals surface area (Å²) >= 11 is 0. The van der Waals surface area contributed by atoms with Crippen LogP contribution in [0.4, 0.5) is 0 Å². The second-order valence-corrected chi connectivity index (χ2v) is 6.63. The molecule has 0 atom stereocenters. The first-order valence-corrected chi connectivity index (χ1v) is 9.02. The fraction of sp³-hybridized carbons (Fsp3) is 0.455. The molecule has 0 unspecified atom stereocenters. The van der Waals surface area contributed by atoms with Crippen molar-refractivity contribution in [1.29, 1.82) is 0 Å². The van der Waals surface area contributed by atoms with Gasteiger partial charge in [-0.15, -0.1) is 0 Å². The van der Waals surface area contributed by atoms with Crippen LogP contribution < -0.4 is 0 Å². The molecule has 3 rings (SSSR count). The van der Waals surface area contributed by atoms with E-state index in [2.05, 4.69) is 48.5 Å². The Balaban J connectivity index is 1.96. The van der Waals surface area contributed by atoms with Crippen molar-refractivity contribution < 1.29 is 9.47 Å². The van der Waals surface area contributed by atoms with E-state index in [1.807, 2.05) is 0 Å². The molecule has 2 aromatic carbocycles. The Morgan fingerprint density at radius 1 is 0.625 bits per heavy atom. The van der Waals surface area contributed by atoms with Crippen molar-refractivity contribution in [3.05, 3.63) is 70.8 Å². The lowest BCUT2D eigenvalue weighted by molar-refractivity contribution is 0.190. The molecule has 2 aromatic rings. The van der Waals surface area contributed by atoms with Crippen molar-refractivity contribution in [3.8, 4) is 0 Å². The number of hydrogen-bond acceptors (Lipinski definition) is 2. The SMILES string of the molecule is COCCCC1c2ccccc2C(CCCOC)c2ccccc21. The second kappa shape index (κ2) is 8.46. The number of rotatable bonds is 8. The molecule has 1 aliphatic carbocycles. The van der Waals surface area contributed by atoms with Crippen molar-refractivity contribution in [1.82, 2.24) is 0 Å². The Hall–Kier alpha value is -1.64. The van der Waals surface area contributed by atoms with Gasteiger partial charge in [-0.1, -0.05) is 48.5 Å². The summed E-state index contributed by atoms with van der Waals surface area (Å²) in [5.74, 6) is 0.984. The van der Waals surface area contributed by atoms with Crippen LogP contribution in [-0.4, -0.2) is 27.4 Å². The van der Waals surface area contributed by atoms with Gasteiger partial charge in [0.25, 0.3) is 0 Å². The molecule has 128 valence electrons. The molecule has 0 aliphatic heterocycles. The topological polar surface area (TPSA) is 18.5 Å². The summed E-state index contributed by atoms with van der Waals surface area (Å²) in [4.78, 5) is 0. The van der Waals surface area contributed by atoms with E-state index in [-0.39, 0.29) is 0 Å². The third-order valence-electron chi connectivity index (χ3n) is 5.18. The summed E-state index contributed by atoms with van der Waals surface area (Å²) in [6.45, 7) is 1.66. The third-order valence-corrected chi connectivity index (χ3v) is 5.18. The first kappa shape index (κ1) is 17.2. The zero-order chi connectivity index (χ0) is 16.8. The molecule has 0 aromatic heterocycles. The van der Waals surface area contributed by atoms with Crippen molar-refractivity contribution in [2.24, 2.45) is 0 Å². The largest absolute Gasteiger partial charge is 0.385 e. The first-order valence-electron chi connectivity index (χ1n) is 9.02. The van der Waals surface area contributed by atoms with Gasteiger partial charge in [0.1, 0.15) is 0 Å². The maximum atomic E-state index is 5.28. The summed E-state index contributed by atoms with van der Waals surface area (Å²) in [6, 6.07) is 18.0. The van der Waals surface area contributed by atoms with Gasteiger partial charge in [0, 0.05) is 39.3 Å². The van der Waals surface area contributed by atoms with E-state index in [1.54, 1.807) is 14.2 Å². The molecule has 1 aliphatic rings. The number of fused-ring (bicyclic) bond motifs is 2. The number of benzene rings is 2. The minimum absolute atomic E-state index is 0.492. The molecule has 2 heteroatoms. The van der Waals surface area contributed by atoms with E-state index in [1.165, 1.54) is 22.3 Å². The predicted molar refractivity (Wildman–Crippen MR) is 98.8 cm³/mol. The number of methoxy groups -OCH3 is 2. The van der Waals surface area contributed by atoms with E-state index in [0.717, 1.165) is 38.9 Å². The molecule has 0 fully saturated rings. The molecule has 0 saturated carbocycles. The van der Waals surface area contributed by atoms with E-state index in [0.29, 0.717) is 11.8 Å². The molecule has 0 radical (unpaired) electrons. The highest BCUT2D eigenvalue weighted by molar-refractivity contribution is 5.52. The zero-order valence-electron chi connectivity index (χ0n) is 14.8. The van der Waals surface area contributed by atoms with Gasteiger partial charge >= 0.3 is 0 Å². The lowest BCUT2D eigenvalue weighted by Crippen LogP contribution is -2.19. The van der Waals surface area contributed by atoms with Crippen LogP contribution in [0.2, 0.25) is 0 Å². The highest BCUT2D eigenvalue weighted by Crippen LogP contribution is 2.46. The fourth-order valence-corrected chi connectivity index (χ4v) is 4.11. The van der Waals surface area contributed by atoms with E-state index >= 15 is 0 Å². The lowest BCUT2D eigenvalue weighted by Gasteiger charge is -2.34. The van der Waals surface area contributed by atoms with Crippen LogP contribution in [0.3, 0.4) is 0 Å². The molecule has 0 bridgehead atoms. The third kappa shape index (κ3) is 3.55. The van der Waals surface area contributed by atoms with E-state index in [4.69, 9.17) is 9.47 Å². The van der Waals surface area contributed by atoms with Gasteiger partial charge in [0.2, 0.25) is 0 Å². The Bertz CT molecular complexity index is 546. The monoisotopic (exact) mass is 324 g/mol. The van der Waals surface area contributed by atoms with Gasteiger partial charge < -0.3 is 9.47 Å². The van der Waals surface area contributed by atoms with Crippen LogP contribution in [0.15, 0.2) is 48.5 Å². The maximum Gasteiger partial charge on any atom is 0.0462 e. The number of hydrogen-bond donors (Lipinski definition) is 0. The molecule has 2 nitrogen and oxygen atoms in total. The standard InChI is InChI=1S/C22H28O2/c1-23-15-7-13-21-17-9-3-5-11-19(17)22(14-8-16-24-2)20-12-6-4-10-18(20)21/h3-6,9-12,21-22H,7-8,13-16H2,1-2H3. The molecule has 0 N–H and O–H groups in total. The van der Waals surface area contributed by atoms with E-state index < -0.39 is 0 Å². The Morgan fingerprint density at radius 3 is 1.25 bits per heavy atom. The summed E-state index contributed by atoms with van der Waals surface area (Å²) < 4.78 is 10.6. The fourth-order valence-electron chi connectivity index (χ4n) is 4.11. The molecule has 24 heavy (non-hydrogen) atoms. The second-order valence-electron chi connectivity index (χ2n) is 6.63. The Labute approximate surface area is 145 Å². The van der Waals surface area contributed by atoms with E-state index in [9.17, 15) is 0 Å². The van der Waals surface area contributed by atoms with Gasteiger partial charge in [0.05, 0.1) is 0 Å². The molecule has 0 saturated heterocycles. The van der Waals surface area contributed by atoms with Gasteiger partial charge in [-0.2, -0.15) is 0 Å². The average molecular weight is 324 g/mol. The normalized spacial score (nSPS) is 18.9. The number of ether oxygens (including phenoxy) is 2. The summed E-state index contributed by atoms with van der Waals surface area (Å²) in [7, 11) is 3.57. The minimum atomic E-state index is 0.492. The van der Waals surface area contributed by atoms with Crippen LogP contribution in [0.1, 0.15) is 59.8 Å². The average Bonchev–Trinajstić information content (AvgIpc) is 2.63. The van der Waals surface area contributed by atoms with Crippen molar-refractivity contribution in [2.45, 2.75) is 37.5 Å². The quantitative estimate of drug-likeness (QED) is 0.628. The summed E-state index contributed by atoms with van der Waals surface area (Å²) in [5, 5.41) is 0. The first-order chi connectivity index (χ1) is 11.9. The van der Waals surface area contributed by atoms with Crippen LogP contribution in [0.5, 0.6) is 0 Å². The molecular weight excluding hydrogens is 296 g/mol. The molecule has 0 heterocycles. The van der Waals surface area contributed by atoms with Crippen molar-refractivity contribution in [2.75, 3.05) is 27.4 Å². The predicted octanol–water partition coefficient (Wildman–Crippen LogP) is 5.12. The van der Waals surface area contributed by atoms with Gasteiger partial charge in [-0.25, -0.2) is 0 Å². The Kier molecular flexibility index (Phi) is 6.06. The maximum absolute atomic E-state index is 5.28. The summed E-state index contributed by atoms with van der Waals surface area (Å²) in [5.41, 5.74) is 6.04. The molecular formula is C22H28O2. The molecule has 0 amide bonds. The highest BCUT2D eigenvalue weighted by atomic mass is 16.5. The lowest BCUT2D eigenvalue weighted by atomic mass is 9.70. The van der Waals surface area contributed by atoms with Crippen LogP contribution in [0.25, 0.3) is 0 Å². The highest BCUT2D eigenvalue weighted by Gasteiger charge is 2.30. The van der Waals surface area contributed by atoms with Gasteiger partial charge in [0.15, 0.2) is 0 Å². The van der Waals surface area contributed by atoms with Crippen molar-refractivity contribution in [3.63, 3.8) is 0 Å². The van der Waals surface area contributed by atoms with Crippen LogP contribution in [-0.2, 0) is 9.47 Å². The van der Waals surface area contributed by atoms with Gasteiger partial charge in [-0.05, 0) is 47.9 Å². The molecule has 0 spiro atoms. The summed E-state index contributed by atoms with van der Waals surface area (Å²) in [6.07, 6.45) is 4.48. The van der Waals surface area contributed by atoms with Crippen LogP contribution >= 0.6 is 0 Å². The minimum Gasteiger partial charge on any atom is -0.385 e. The van der Waals surface area contributed by atoms with Crippen LogP contribution in [0, 0.1) is 0 Å². The van der Waals surface area contributed by atoms with Gasteiger partial charge in [-0.3, -0.25) is 0 Å².